The number of imide groups is 1. The van der Waals surface area contributed by atoms with Gasteiger partial charge in [-0.25, -0.2) is 0 Å². The Bertz CT molecular complexity index is 451. The molecule has 0 N–H and O–H groups in total. The Morgan fingerprint density at radius 2 is 2.12 bits per heavy atom. The van der Waals surface area contributed by atoms with Crippen molar-refractivity contribution in [3.63, 3.8) is 0 Å². The first kappa shape index (κ1) is 11.7. The van der Waals surface area contributed by atoms with Crippen LogP contribution in [0.5, 0.6) is 0 Å². The summed E-state index contributed by atoms with van der Waals surface area (Å²) >= 11 is 0. The predicted molar refractivity (Wildman–Crippen MR) is 64.8 cm³/mol. The van der Waals surface area contributed by atoms with Gasteiger partial charge in [-0.1, -0.05) is 12.2 Å². The number of hydrogen-bond donors (Lipinski definition) is 0. The Labute approximate surface area is 101 Å². The standard InChI is InChI=1S/C14H15NO2/c1-2-3-4-7-10-15-13(16)11-8-5-6-9-12(11)14(15)17/h1,5,8H,3-4,6-7,9-10H2. The van der Waals surface area contributed by atoms with E-state index in [1.165, 1.54) is 4.90 Å². The average molecular weight is 229 g/mol. The van der Waals surface area contributed by atoms with E-state index in [0.717, 1.165) is 19.3 Å². The maximum absolute atomic E-state index is 12.0. The van der Waals surface area contributed by atoms with Gasteiger partial charge in [0.2, 0.25) is 0 Å². The van der Waals surface area contributed by atoms with Crippen LogP contribution >= 0.6 is 0 Å². The summed E-state index contributed by atoms with van der Waals surface area (Å²) in [5.74, 6) is 2.32. The van der Waals surface area contributed by atoms with Crippen LogP contribution in [-0.4, -0.2) is 23.3 Å². The van der Waals surface area contributed by atoms with E-state index in [9.17, 15) is 9.59 Å². The normalized spacial score (nSPS) is 18.6. The second kappa shape index (κ2) is 5.01. The lowest BCUT2D eigenvalue weighted by Crippen LogP contribution is -2.32. The van der Waals surface area contributed by atoms with Crippen molar-refractivity contribution in [3.05, 3.63) is 23.3 Å². The molecule has 3 heteroatoms. The number of nitrogens with zero attached hydrogens (tertiary/aromatic N) is 1. The third kappa shape index (κ3) is 2.16. The molecule has 17 heavy (non-hydrogen) atoms. The molecule has 0 aromatic carbocycles. The summed E-state index contributed by atoms with van der Waals surface area (Å²) in [6, 6.07) is 0. The van der Waals surface area contributed by atoms with Gasteiger partial charge >= 0.3 is 0 Å². The lowest BCUT2D eigenvalue weighted by molar-refractivity contribution is -0.137. The number of allylic oxidation sites excluding steroid dienone is 1. The minimum absolute atomic E-state index is 0.102. The highest BCUT2D eigenvalue weighted by Gasteiger charge is 2.36. The van der Waals surface area contributed by atoms with Crippen molar-refractivity contribution in [2.24, 2.45) is 0 Å². The maximum atomic E-state index is 12.0. The van der Waals surface area contributed by atoms with E-state index in [-0.39, 0.29) is 11.8 Å². The van der Waals surface area contributed by atoms with Crippen LogP contribution in [0.15, 0.2) is 23.3 Å². The molecule has 0 fully saturated rings. The Morgan fingerprint density at radius 1 is 1.29 bits per heavy atom. The van der Waals surface area contributed by atoms with E-state index in [1.807, 2.05) is 6.08 Å². The molecule has 0 atom stereocenters. The Morgan fingerprint density at radius 3 is 2.82 bits per heavy atom. The Balaban J connectivity index is 1.99. The second-order valence-corrected chi connectivity index (χ2v) is 4.26. The number of terminal acetylenes is 1. The molecule has 2 rings (SSSR count). The molecule has 0 saturated carbocycles. The predicted octanol–water partition coefficient (Wildman–Crippen LogP) is 1.81. The van der Waals surface area contributed by atoms with E-state index >= 15 is 0 Å². The highest BCUT2D eigenvalue weighted by atomic mass is 16.2. The van der Waals surface area contributed by atoms with E-state index < -0.39 is 0 Å². The van der Waals surface area contributed by atoms with Crippen molar-refractivity contribution >= 4 is 11.8 Å². The molecule has 0 aromatic heterocycles. The summed E-state index contributed by atoms with van der Waals surface area (Å²) in [4.78, 5) is 25.3. The third-order valence-electron chi connectivity index (χ3n) is 3.10. The molecular formula is C14H15NO2. The molecule has 0 aromatic rings. The maximum Gasteiger partial charge on any atom is 0.261 e. The molecule has 0 bridgehead atoms. The number of carbonyl (C=O) groups excluding carboxylic acids is 2. The zero-order valence-corrected chi connectivity index (χ0v) is 9.74. The highest BCUT2D eigenvalue weighted by Crippen LogP contribution is 2.29. The van der Waals surface area contributed by atoms with Crippen LogP contribution < -0.4 is 0 Å². The van der Waals surface area contributed by atoms with Gasteiger partial charge in [0.15, 0.2) is 0 Å². The van der Waals surface area contributed by atoms with Crippen molar-refractivity contribution in [1.82, 2.24) is 4.90 Å². The van der Waals surface area contributed by atoms with E-state index in [2.05, 4.69) is 5.92 Å². The van der Waals surface area contributed by atoms with Crippen molar-refractivity contribution < 1.29 is 9.59 Å². The number of hydrogen-bond acceptors (Lipinski definition) is 2. The summed E-state index contributed by atoms with van der Waals surface area (Å²) in [5.41, 5.74) is 1.28. The smallest absolute Gasteiger partial charge is 0.261 e. The quantitative estimate of drug-likeness (QED) is 0.419. The van der Waals surface area contributed by atoms with Crippen molar-refractivity contribution in [2.75, 3.05) is 6.54 Å². The number of carbonyl (C=O) groups is 2. The van der Waals surface area contributed by atoms with Crippen molar-refractivity contribution in [3.8, 4) is 12.3 Å². The van der Waals surface area contributed by atoms with Gasteiger partial charge in [0.05, 0.1) is 0 Å². The number of rotatable bonds is 4. The Hall–Kier alpha value is -1.82. The van der Waals surface area contributed by atoms with Crippen LogP contribution in [0.2, 0.25) is 0 Å². The van der Waals surface area contributed by atoms with Gasteiger partial charge in [-0.05, 0) is 25.7 Å². The van der Waals surface area contributed by atoms with Gasteiger partial charge in [0.25, 0.3) is 11.8 Å². The van der Waals surface area contributed by atoms with E-state index in [4.69, 9.17) is 6.42 Å². The molecular weight excluding hydrogens is 214 g/mol. The van der Waals surface area contributed by atoms with Crippen LogP contribution in [0.3, 0.4) is 0 Å². The second-order valence-electron chi connectivity index (χ2n) is 4.26. The minimum Gasteiger partial charge on any atom is -0.275 e. The van der Waals surface area contributed by atoms with Crippen LogP contribution in [0.1, 0.15) is 32.1 Å². The molecule has 0 radical (unpaired) electrons. The van der Waals surface area contributed by atoms with Crippen molar-refractivity contribution in [2.45, 2.75) is 32.1 Å². The van der Waals surface area contributed by atoms with E-state index in [1.54, 1.807) is 6.08 Å². The molecule has 2 amide bonds. The summed E-state index contributed by atoms with van der Waals surface area (Å²) < 4.78 is 0. The summed E-state index contributed by atoms with van der Waals surface area (Å²) in [7, 11) is 0. The fraction of sp³-hybridized carbons (Fsp3) is 0.429. The first-order valence-corrected chi connectivity index (χ1v) is 5.95. The zero-order chi connectivity index (χ0) is 12.3. The van der Waals surface area contributed by atoms with Gasteiger partial charge in [0, 0.05) is 24.1 Å². The Kier molecular flexibility index (Phi) is 3.43. The molecule has 1 aliphatic heterocycles. The summed E-state index contributed by atoms with van der Waals surface area (Å²) in [5, 5.41) is 0. The van der Waals surface area contributed by atoms with E-state index in [0.29, 0.717) is 30.5 Å². The average Bonchev–Trinajstić information content (AvgIpc) is 2.60. The van der Waals surface area contributed by atoms with Gasteiger partial charge in [-0.2, -0.15) is 0 Å². The van der Waals surface area contributed by atoms with Gasteiger partial charge in [-0.15, -0.1) is 12.3 Å². The van der Waals surface area contributed by atoms with Crippen molar-refractivity contribution in [1.29, 1.82) is 0 Å². The lowest BCUT2D eigenvalue weighted by Gasteiger charge is -2.14. The zero-order valence-electron chi connectivity index (χ0n) is 9.74. The molecule has 1 heterocycles. The van der Waals surface area contributed by atoms with Gasteiger partial charge < -0.3 is 0 Å². The first-order chi connectivity index (χ1) is 8.25. The summed E-state index contributed by atoms with van der Waals surface area (Å²) in [6.07, 6.45) is 12.8. The van der Waals surface area contributed by atoms with Gasteiger partial charge in [-0.3, -0.25) is 14.5 Å². The van der Waals surface area contributed by atoms with Gasteiger partial charge in [0.1, 0.15) is 0 Å². The largest absolute Gasteiger partial charge is 0.275 e. The molecule has 88 valence electrons. The van der Waals surface area contributed by atoms with Crippen LogP contribution in [0.4, 0.5) is 0 Å². The SMILES string of the molecule is C#CCCCCN1C(=O)C2=C(CCC=C2)C1=O. The minimum atomic E-state index is -0.137. The monoisotopic (exact) mass is 229 g/mol. The fourth-order valence-corrected chi connectivity index (χ4v) is 2.19. The molecule has 2 aliphatic rings. The number of unbranched alkanes of at least 4 members (excludes halogenated alkanes) is 2. The van der Waals surface area contributed by atoms with Crippen LogP contribution in [0, 0.1) is 12.3 Å². The topological polar surface area (TPSA) is 37.4 Å². The first-order valence-electron chi connectivity index (χ1n) is 5.95. The third-order valence-corrected chi connectivity index (χ3v) is 3.10. The molecule has 1 aliphatic carbocycles. The highest BCUT2D eigenvalue weighted by molar-refractivity contribution is 6.20. The molecule has 0 unspecified atom stereocenters. The fourth-order valence-electron chi connectivity index (χ4n) is 2.19. The number of amides is 2. The van der Waals surface area contributed by atoms with Crippen LogP contribution in [0.25, 0.3) is 0 Å². The summed E-state index contributed by atoms with van der Waals surface area (Å²) in [6.45, 7) is 0.486. The lowest BCUT2D eigenvalue weighted by atomic mass is 10.00. The van der Waals surface area contributed by atoms with Crippen LogP contribution in [-0.2, 0) is 9.59 Å². The molecule has 0 spiro atoms. The molecule has 3 nitrogen and oxygen atoms in total. The molecule has 0 saturated heterocycles.